The van der Waals surface area contributed by atoms with Crippen molar-refractivity contribution < 1.29 is 4.39 Å². The second-order valence-corrected chi connectivity index (χ2v) is 5.29. The quantitative estimate of drug-likeness (QED) is 0.766. The van der Waals surface area contributed by atoms with E-state index in [4.69, 9.17) is 0 Å². The van der Waals surface area contributed by atoms with Gasteiger partial charge in [-0.1, -0.05) is 19.1 Å². The Bertz CT molecular complexity index is 340. The number of hydrogen-bond donors (Lipinski definition) is 1. The van der Waals surface area contributed by atoms with Gasteiger partial charge in [0.15, 0.2) is 0 Å². The molecule has 0 radical (unpaired) electrons. The molecule has 1 aliphatic rings. The Kier molecular flexibility index (Phi) is 2.79. The maximum absolute atomic E-state index is 13.0. The Hall–Kier alpha value is -0.540. The zero-order valence-corrected chi connectivity index (χ0v) is 9.20. The Morgan fingerprint density at radius 3 is 2.86 bits per heavy atom. The van der Waals surface area contributed by atoms with E-state index in [1.165, 1.54) is 5.56 Å². The van der Waals surface area contributed by atoms with Crippen LogP contribution in [-0.4, -0.2) is 11.8 Å². The molecule has 0 amide bonds. The van der Waals surface area contributed by atoms with Crippen LogP contribution in [-0.2, 0) is 0 Å². The van der Waals surface area contributed by atoms with Crippen LogP contribution >= 0.6 is 11.8 Å². The Balaban J connectivity index is 2.20. The van der Waals surface area contributed by atoms with E-state index in [1.807, 2.05) is 30.8 Å². The van der Waals surface area contributed by atoms with Gasteiger partial charge in [0, 0.05) is 11.8 Å². The highest BCUT2D eigenvalue weighted by Crippen LogP contribution is 2.34. The molecule has 76 valence electrons. The first-order chi connectivity index (χ1) is 6.66. The van der Waals surface area contributed by atoms with Crippen LogP contribution in [0, 0.1) is 12.7 Å². The summed E-state index contributed by atoms with van der Waals surface area (Å²) in [7, 11) is 0. The topological polar surface area (TPSA) is 12.0 Å². The lowest BCUT2D eigenvalue weighted by Crippen LogP contribution is -2.14. The van der Waals surface area contributed by atoms with Crippen molar-refractivity contribution in [3.8, 4) is 0 Å². The molecular weight excluding hydrogens is 197 g/mol. The molecule has 1 aromatic carbocycles. The fraction of sp³-hybridized carbons (Fsp3) is 0.455. The molecule has 2 atom stereocenters. The van der Waals surface area contributed by atoms with Gasteiger partial charge in [-0.2, -0.15) is 0 Å². The van der Waals surface area contributed by atoms with Crippen LogP contribution in [0.1, 0.15) is 23.4 Å². The molecule has 1 aromatic rings. The number of rotatable bonds is 1. The highest BCUT2D eigenvalue weighted by atomic mass is 32.2. The summed E-state index contributed by atoms with van der Waals surface area (Å²) in [4.78, 5) is 0. The van der Waals surface area contributed by atoms with Gasteiger partial charge in [-0.3, -0.25) is 0 Å². The molecule has 1 nitrogen and oxygen atoms in total. The number of thioether (sulfide) groups is 1. The van der Waals surface area contributed by atoms with Crippen LogP contribution < -0.4 is 5.32 Å². The van der Waals surface area contributed by atoms with E-state index in [2.05, 4.69) is 12.2 Å². The summed E-state index contributed by atoms with van der Waals surface area (Å²) in [6.07, 6.45) is 0. The van der Waals surface area contributed by atoms with Crippen LogP contribution in [0.4, 0.5) is 4.39 Å². The van der Waals surface area contributed by atoms with Crippen LogP contribution in [0.25, 0.3) is 0 Å². The van der Waals surface area contributed by atoms with Gasteiger partial charge in [-0.05, 0) is 24.1 Å². The van der Waals surface area contributed by atoms with E-state index in [-0.39, 0.29) is 5.82 Å². The summed E-state index contributed by atoms with van der Waals surface area (Å²) in [6.45, 7) is 5.04. The third-order valence-electron chi connectivity index (χ3n) is 2.44. The summed E-state index contributed by atoms with van der Waals surface area (Å²) in [5.41, 5.74) is 1.91. The largest absolute Gasteiger partial charge is 0.301 e. The van der Waals surface area contributed by atoms with Gasteiger partial charge in [0.2, 0.25) is 0 Å². The van der Waals surface area contributed by atoms with E-state index < -0.39 is 0 Å². The highest BCUT2D eigenvalue weighted by molar-refractivity contribution is 8.00. The average molecular weight is 211 g/mol. The van der Waals surface area contributed by atoms with Crippen molar-refractivity contribution >= 4 is 11.8 Å². The monoisotopic (exact) mass is 211 g/mol. The minimum Gasteiger partial charge on any atom is -0.301 e. The van der Waals surface area contributed by atoms with Crippen molar-refractivity contribution in [3.05, 3.63) is 35.1 Å². The molecule has 1 saturated heterocycles. The average Bonchev–Trinajstić information content (AvgIpc) is 2.57. The van der Waals surface area contributed by atoms with Crippen molar-refractivity contribution in [2.75, 3.05) is 6.54 Å². The van der Waals surface area contributed by atoms with Crippen molar-refractivity contribution in [2.45, 2.75) is 24.5 Å². The molecule has 0 aliphatic carbocycles. The molecule has 0 saturated carbocycles. The maximum atomic E-state index is 13.0. The van der Waals surface area contributed by atoms with Crippen molar-refractivity contribution in [3.63, 3.8) is 0 Å². The van der Waals surface area contributed by atoms with Crippen LogP contribution in [0.2, 0.25) is 0 Å². The molecule has 14 heavy (non-hydrogen) atoms. The Labute approximate surface area is 88.1 Å². The normalized spacial score (nSPS) is 26.8. The zero-order chi connectivity index (χ0) is 10.1. The van der Waals surface area contributed by atoms with Gasteiger partial charge >= 0.3 is 0 Å². The fourth-order valence-corrected chi connectivity index (χ4v) is 2.78. The highest BCUT2D eigenvalue weighted by Gasteiger charge is 2.22. The predicted molar refractivity (Wildman–Crippen MR) is 58.9 cm³/mol. The van der Waals surface area contributed by atoms with Crippen LogP contribution in [0.3, 0.4) is 0 Å². The lowest BCUT2D eigenvalue weighted by molar-refractivity contribution is 0.616. The molecule has 3 heteroatoms. The lowest BCUT2D eigenvalue weighted by Gasteiger charge is -2.10. The molecular formula is C11H14FNS. The first kappa shape index (κ1) is 9.99. The molecule has 1 heterocycles. The van der Waals surface area contributed by atoms with E-state index in [1.54, 1.807) is 6.07 Å². The first-order valence-electron chi connectivity index (χ1n) is 4.81. The van der Waals surface area contributed by atoms with Crippen LogP contribution in [0.15, 0.2) is 18.2 Å². The first-order valence-corrected chi connectivity index (χ1v) is 5.76. The summed E-state index contributed by atoms with van der Waals surface area (Å²) in [6, 6.07) is 5.35. The fourth-order valence-electron chi connectivity index (χ4n) is 1.63. The number of nitrogens with one attached hydrogen (secondary N) is 1. The summed E-state index contributed by atoms with van der Waals surface area (Å²) in [5.74, 6) is -0.121. The van der Waals surface area contributed by atoms with Gasteiger partial charge in [-0.25, -0.2) is 4.39 Å². The van der Waals surface area contributed by atoms with Crippen molar-refractivity contribution in [2.24, 2.45) is 0 Å². The van der Waals surface area contributed by atoms with E-state index in [9.17, 15) is 4.39 Å². The summed E-state index contributed by atoms with van der Waals surface area (Å²) < 4.78 is 13.0. The molecule has 0 spiro atoms. The van der Waals surface area contributed by atoms with Gasteiger partial charge in [0.05, 0.1) is 5.37 Å². The second-order valence-electron chi connectivity index (χ2n) is 3.74. The zero-order valence-electron chi connectivity index (χ0n) is 8.38. The summed E-state index contributed by atoms with van der Waals surface area (Å²) in [5, 5.41) is 4.39. The lowest BCUT2D eigenvalue weighted by atomic mass is 10.1. The predicted octanol–water partition coefficient (Wildman–Crippen LogP) is 2.86. The van der Waals surface area contributed by atoms with Gasteiger partial charge < -0.3 is 5.32 Å². The SMILES string of the molecule is Cc1cc(C2NCC(C)S2)ccc1F. The van der Waals surface area contributed by atoms with Gasteiger partial charge in [0.1, 0.15) is 5.82 Å². The number of benzene rings is 1. The van der Waals surface area contributed by atoms with Gasteiger partial charge in [0.25, 0.3) is 0 Å². The minimum absolute atomic E-state index is 0.121. The smallest absolute Gasteiger partial charge is 0.126 e. The molecule has 1 N–H and O–H groups in total. The standard InChI is InChI=1S/C11H14FNS/c1-7-5-9(3-4-10(7)12)11-13-6-8(2)14-11/h3-5,8,11,13H,6H2,1-2H3. The third-order valence-corrected chi connectivity index (χ3v) is 3.79. The summed E-state index contributed by atoms with van der Waals surface area (Å²) >= 11 is 1.90. The van der Waals surface area contributed by atoms with E-state index >= 15 is 0 Å². The Morgan fingerprint density at radius 1 is 1.50 bits per heavy atom. The van der Waals surface area contributed by atoms with Gasteiger partial charge in [-0.15, -0.1) is 11.8 Å². The molecule has 1 aliphatic heterocycles. The molecule has 2 unspecified atom stereocenters. The maximum Gasteiger partial charge on any atom is 0.126 e. The molecule has 2 rings (SSSR count). The Morgan fingerprint density at radius 2 is 2.29 bits per heavy atom. The third kappa shape index (κ3) is 1.93. The van der Waals surface area contributed by atoms with Crippen molar-refractivity contribution in [1.29, 1.82) is 0 Å². The second kappa shape index (κ2) is 3.91. The number of halogens is 1. The van der Waals surface area contributed by atoms with Crippen molar-refractivity contribution in [1.82, 2.24) is 5.32 Å². The molecule has 0 bridgehead atoms. The molecule has 1 fully saturated rings. The molecule has 0 aromatic heterocycles. The van der Waals surface area contributed by atoms with Crippen LogP contribution in [0.5, 0.6) is 0 Å². The van der Waals surface area contributed by atoms with E-state index in [0.29, 0.717) is 10.6 Å². The number of hydrogen-bond acceptors (Lipinski definition) is 2. The van der Waals surface area contributed by atoms with E-state index in [0.717, 1.165) is 12.1 Å². The number of aryl methyl sites for hydroxylation is 1. The minimum atomic E-state index is -0.121.